The van der Waals surface area contributed by atoms with Crippen molar-refractivity contribution >= 4 is 55.9 Å². The van der Waals surface area contributed by atoms with E-state index in [1.165, 1.54) is 24.6 Å². The highest BCUT2D eigenvalue weighted by molar-refractivity contribution is 7.92. The van der Waals surface area contributed by atoms with E-state index in [1.54, 1.807) is 32.2 Å². The zero-order chi connectivity index (χ0) is 39.5. The van der Waals surface area contributed by atoms with Crippen molar-refractivity contribution in [2.45, 2.75) is 63.6 Å². The van der Waals surface area contributed by atoms with E-state index in [0.717, 1.165) is 23.1 Å². The van der Waals surface area contributed by atoms with Crippen LogP contribution in [-0.4, -0.2) is 55.8 Å². The molecule has 3 heterocycles. The van der Waals surface area contributed by atoms with Crippen molar-refractivity contribution in [3.8, 4) is 23.0 Å². The van der Waals surface area contributed by atoms with Crippen LogP contribution in [0.1, 0.15) is 67.4 Å². The molecule has 0 saturated carbocycles. The molecule has 1 aliphatic rings. The first-order valence-corrected chi connectivity index (χ1v) is 19.0. The van der Waals surface area contributed by atoms with Gasteiger partial charge in [0.1, 0.15) is 35.2 Å². The summed E-state index contributed by atoms with van der Waals surface area (Å²) in [6.07, 6.45) is 0.194. The highest BCUT2D eigenvalue weighted by atomic mass is 35.5. The second kappa shape index (κ2) is 14.2. The minimum Gasteiger partial charge on any atom is -0.378 e. The third-order valence-electron chi connectivity index (χ3n) is 8.60. The van der Waals surface area contributed by atoms with E-state index in [1.807, 2.05) is 0 Å². The van der Waals surface area contributed by atoms with Gasteiger partial charge >= 0.3 is 0 Å². The molecule has 0 saturated heterocycles. The average Bonchev–Trinajstić information content (AvgIpc) is 3.63. The first kappa shape index (κ1) is 39.0. The van der Waals surface area contributed by atoms with Gasteiger partial charge in [0.2, 0.25) is 15.9 Å². The SMILES string of the molecule is C[C@H]1CC(F)(F)c2c1c(Cl)nn2CC(=O)N[C@@H](Cc1cc(F)cc(F)c1)c1nc(C#CC(C)(C)O)ccc1-c1ccc(Cl)c2c(NS(C)(=O)=O)nn(C)c12. The number of alkyl halides is 2. The standard InChI is InChI=1S/C36H33Cl2F4N7O4S/c1-18-16-36(41,42)32-28(18)33(38)45-49(32)17-27(50)44-26(14-19-12-20(39)15-21(40)13-19)30-23(7-6-22(43-30)10-11-35(2,3)51)24-8-9-25(37)29-31(24)48(4)46-34(29)47-54(5,52)53/h6-9,12-13,15,18,26,51H,14,16-17H2,1-5H3,(H,44,50)(H,46,47)/t18-,26-/m0/s1. The molecule has 0 spiro atoms. The molecule has 2 atom stereocenters. The number of hydrogen-bond donors (Lipinski definition) is 3. The van der Waals surface area contributed by atoms with Crippen LogP contribution in [0, 0.1) is 23.5 Å². The van der Waals surface area contributed by atoms with Crippen molar-refractivity contribution in [3.63, 3.8) is 0 Å². The number of carbonyl (C=O) groups is 1. The van der Waals surface area contributed by atoms with Crippen LogP contribution in [0.4, 0.5) is 23.4 Å². The largest absolute Gasteiger partial charge is 0.378 e. The smallest absolute Gasteiger partial charge is 0.290 e. The van der Waals surface area contributed by atoms with Crippen LogP contribution in [0.25, 0.3) is 22.0 Å². The number of nitrogens with zero attached hydrogens (tertiary/aromatic N) is 5. The summed E-state index contributed by atoms with van der Waals surface area (Å²) in [5.41, 5.74) is -0.277. The highest BCUT2D eigenvalue weighted by Gasteiger charge is 2.48. The number of rotatable bonds is 9. The van der Waals surface area contributed by atoms with Gasteiger partial charge in [-0.05, 0) is 68.0 Å². The monoisotopic (exact) mass is 805 g/mol. The molecule has 5 aromatic rings. The Bertz CT molecular complexity index is 2490. The number of nitrogens with one attached hydrogen (secondary N) is 2. The van der Waals surface area contributed by atoms with Gasteiger partial charge in [0, 0.05) is 36.2 Å². The Morgan fingerprint density at radius 1 is 1.11 bits per heavy atom. The van der Waals surface area contributed by atoms with Crippen LogP contribution >= 0.6 is 23.2 Å². The number of fused-ring (bicyclic) bond motifs is 2. The molecule has 1 amide bonds. The molecule has 284 valence electrons. The lowest BCUT2D eigenvalue weighted by atomic mass is 9.93. The van der Waals surface area contributed by atoms with Crippen molar-refractivity contribution in [1.29, 1.82) is 0 Å². The molecule has 0 aliphatic heterocycles. The fourth-order valence-electron chi connectivity index (χ4n) is 6.62. The molecule has 1 aliphatic carbocycles. The number of carbonyl (C=O) groups excluding carboxylic acids is 1. The van der Waals surface area contributed by atoms with Crippen LogP contribution in [0.15, 0.2) is 42.5 Å². The van der Waals surface area contributed by atoms with Gasteiger partial charge in [-0.2, -0.15) is 19.0 Å². The number of halogens is 6. The number of sulfonamides is 1. The predicted octanol–water partition coefficient (Wildman–Crippen LogP) is 6.61. The fourth-order valence-corrected chi connectivity index (χ4v) is 7.72. The van der Waals surface area contributed by atoms with Gasteiger partial charge in [-0.25, -0.2) is 22.2 Å². The second-order valence-corrected chi connectivity index (χ2v) is 16.2. The molecule has 6 rings (SSSR count). The summed E-state index contributed by atoms with van der Waals surface area (Å²) < 4.78 is 88.3. The fraction of sp³-hybridized carbons (Fsp3) is 0.333. The van der Waals surface area contributed by atoms with Gasteiger partial charge < -0.3 is 10.4 Å². The van der Waals surface area contributed by atoms with Crippen LogP contribution < -0.4 is 10.0 Å². The minimum absolute atomic E-state index is 0.0550. The molecule has 54 heavy (non-hydrogen) atoms. The zero-order valence-corrected chi connectivity index (χ0v) is 31.7. The van der Waals surface area contributed by atoms with Crippen LogP contribution in [0.2, 0.25) is 10.2 Å². The number of aliphatic hydroxyl groups is 1. The quantitative estimate of drug-likeness (QED) is 0.112. The van der Waals surface area contributed by atoms with Crippen LogP contribution in [0.3, 0.4) is 0 Å². The lowest BCUT2D eigenvalue weighted by Crippen LogP contribution is -2.35. The van der Waals surface area contributed by atoms with Gasteiger partial charge in [-0.1, -0.05) is 42.1 Å². The number of hydrogen-bond acceptors (Lipinski definition) is 7. The Morgan fingerprint density at radius 2 is 1.78 bits per heavy atom. The summed E-state index contributed by atoms with van der Waals surface area (Å²) >= 11 is 12.8. The second-order valence-electron chi connectivity index (χ2n) is 13.7. The lowest BCUT2D eigenvalue weighted by molar-refractivity contribution is -0.122. The number of aryl methyl sites for hydroxylation is 1. The molecule has 3 N–H and O–H groups in total. The Morgan fingerprint density at radius 3 is 2.43 bits per heavy atom. The molecule has 0 bridgehead atoms. The maximum Gasteiger partial charge on any atom is 0.290 e. The summed E-state index contributed by atoms with van der Waals surface area (Å²) in [7, 11) is -2.23. The highest BCUT2D eigenvalue weighted by Crippen LogP contribution is 2.50. The van der Waals surface area contributed by atoms with E-state index in [0.29, 0.717) is 22.7 Å². The van der Waals surface area contributed by atoms with E-state index in [9.17, 15) is 27.1 Å². The maximum absolute atomic E-state index is 15.1. The number of benzene rings is 2. The summed E-state index contributed by atoms with van der Waals surface area (Å²) in [6, 6.07) is 7.93. The van der Waals surface area contributed by atoms with E-state index >= 15 is 8.78 Å². The third-order valence-corrected chi connectivity index (χ3v) is 9.76. The van der Waals surface area contributed by atoms with Gasteiger partial charge in [-0.3, -0.25) is 18.9 Å². The Labute approximate surface area is 317 Å². The summed E-state index contributed by atoms with van der Waals surface area (Å²) in [5, 5.41) is 21.7. The number of aromatic nitrogens is 5. The van der Waals surface area contributed by atoms with Gasteiger partial charge in [0.15, 0.2) is 11.0 Å². The van der Waals surface area contributed by atoms with E-state index < -0.39 is 69.7 Å². The van der Waals surface area contributed by atoms with Crippen molar-refractivity contribution in [2.75, 3.05) is 11.0 Å². The summed E-state index contributed by atoms with van der Waals surface area (Å²) in [6.45, 7) is 3.83. The van der Waals surface area contributed by atoms with Gasteiger partial charge in [0.25, 0.3) is 5.92 Å². The first-order valence-electron chi connectivity index (χ1n) is 16.4. The lowest BCUT2D eigenvalue weighted by Gasteiger charge is -2.23. The molecule has 0 fully saturated rings. The van der Waals surface area contributed by atoms with E-state index in [4.69, 9.17) is 28.2 Å². The van der Waals surface area contributed by atoms with E-state index in [2.05, 4.69) is 32.1 Å². The number of amides is 1. The van der Waals surface area contributed by atoms with Crippen molar-refractivity contribution in [3.05, 3.63) is 92.5 Å². The van der Waals surface area contributed by atoms with Crippen LogP contribution in [-0.2, 0) is 40.8 Å². The molecular formula is C36H33Cl2F4N7O4S. The minimum atomic E-state index is -3.79. The average molecular weight is 807 g/mol. The van der Waals surface area contributed by atoms with E-state index in [-0.39, 0.29) is 50.3 Å². The molecule has 2 aromatic carbocycles. The molecule has 0 unspecified atom stereocenters. The number of pyridine rings is 1. The predicted molar refractivity (Wildman–Crippen MR) is 196 cm³/mol. The first-order chi connectivity index (χ1) is 25.1. The van der Waals surface area contributed by atoms with Crippen molar-refractivity contribution in [2.24, 2.45) is 7.05 Å². The number of anilines is 1. The molecule has 0 radical (unpaired) electrons. The summed E-state index contributed by atoms with van der Waals surface area (Å²) in [5.74, 6) is -1.07. The molecule has 11 nitrogen and oxygen atoms in total. The Hall–Kier alpha value is -4.69. The third kappa shape index (κ3) is 8.19. The normalized spacial score (nSPS) is 15.8. The molecular weight excluding hydrogens is 773 g/mol. The van der Waals surface area contributed by atoms with Crippen LogP contribution in [0.5, 0.6) is 0 Å². The van der Waals surface area contributed by atoms with Crippen molar-refractivity contribution in [1.82, 2.24) is 29.9 Å². The molecule has 18 heteroatoms. The molecule has 3 aromatic heterocycles. The van der Waals surface area contributed by atoms with Gasteiger partial charge in [-0.15, -0.1) is 0 Å². The summed E-state index contributed by atoms with van der Waals surface area (Å²) in [4.78, 5) is 18.6. The zero-order valence-electron chi connectivity index (χ0n) is 29.4. The topological polar surface area (TPSA) is 144 Å². The Kier molecular flexibility index (Phi) is 10.2. The Balaban J connectivity index is 1.54. The van der Waals surface area contributed by atoms with Crippen molar-refractivity contribution < 1.29 is 35.9 Å². The maximum atomic E-state index is 15.1. The van der Waals surface area contributed by atoms with Gasteiger partial charge in [0.05, 0.1) is 33.9 Å².